The number of amides is 1. The maximum Gasteiger partial charge on any atom is 0.221 e. The number of nitrogens with zero attached hydrogens (tertiary/aromatic N) is 1. The van der Waals surface area contributed by atoms with Gasteiger partial charge in [0.05, 0.1) is 17.8 Å². The summed E-state index contributed by atoms with van der Waals surface area (Å²) in [5.41, 5.74) is 0.916. The number of hydrogen-bond donors (Lipinski definition) is 2. The van der Waals surface area contributed by atoms with Crippen LogP contribution in [0.4, 0.5) is 0 Å². The molecule has 2 aliphatic heterocycles. The van der Waals surface area contributed by atoms with E-state index in [1.807, 2.05) is 0 Å². The zero-order valence-electron chi connectivity index (χ0n) is 20.0. The van der Waals surface area contributed by atoms with Crippen LogP contribution in [0.25, 0.3) is 0 Å². The van der Waals surface area contributed by atoms with E-state index in [9.17, 15) is 9.90 Å². The fourth-order valence-electron chi connectivity index (χ4n) is 6.24. The van der Waals surface area contributed by atoms with Crippen molar-refractivity contribution in [2.24, 2.45) is 5.92 Å². The Hall–Kier alpha value is -1.43. The van der Waals surface area contributed by atoms with E-state index in [2.05, 4.69) is 54.4 Å². The molecule has 0 unspecified atom stereocenters. The van der Waals surface area contributed by atoms with Crippen molar-refractivity contribution in [2.75, 3.05) is 26.2 Å². The first-order valence-electron chi connectivity index (χ1n) is 12.8. The first-order valence-corrected chi connectivity index (χ1v) is 12.8. The second kappa shape index (κ2) is 10.2. The maximum atomic E-state index is 12.8. The summed E-state index contributed by atoms with van der Waals surface area (Å²) in [6, 6.07) is 10.7. The lowest BCUT2D eigenvalue weighted by Gasteiger charge is -2.43. The fourth-order valence-corrected chi connectivity index (χ4v) is 6.24. The standard InChI is InChI=1S/C27H42N2O3/c1-26(2)19-23(30)22-11-14-27(15-12-24(22)32-26,21-9-5-3-6-10-21)20-28-25(31)13-18-29-16-7-4-8-17-29/h3,5-6,9-10,22-24,30H,4,7-8,11-20H2,1-2H3,(H,28,31)/t22-,23+,24+,27+/m1/s1. The molecular formula is C27H42N2O3. The van der Waals surface area contributed by atoms with Crippen molar-refractivity contribution in [1.29, 1.82) is 0 Å². The van der Waals surface area contributed by atoms with Gasteiger partial charge in [0.1, 0.15) is 0 Å². The Bertz CT molecular complexity index is 747. The molecule has 1 aromatic rings. The maximum absolute atomic E-state index is 12.8. The van der Waals surface area contributed by atoms with Gasteiger partial charge in [-0.1, -0.05) is 36.8 Å². The number of fused-ring (bicyclic) bond motifs is 1. The van der Waals surface area contributed by atoms with Gasteiger partial charge in [-0.05, 0) is 71.0 Å². The van der Waals surface area contributed by atoms with E-state index in [1.165, 1.54) is 24.8 Å². The molecule has 0 bridgehead atoms. The number of aliphatic hydroxyl groups is 1. The SMILES string of the molecule is CC1(C)C[C@H](O)[C@H]2CC[C@](CNC(=O)CCN3CCCCC3)(c3ccccc3)CC[C@@H]2O1. The molecule has 0 spiro atoms. The van der Waals surface area contributed by atoms with Crippen molar-refractivity contribution in [2.45, 2.75) is 94.9 Å². The summed E-state index contributed by atoms with van der Waals surface area (Å²) in [6.45, 7) is 7.96. The van der Waals surface area contributed by atoms with E-state index in [0.29, 0.717) is 19.4 Å². The van der Waals surface area contributed by atoms with E-state index in [1.54, 1.807) is 0 Å². The Kier molecular flexibility index (Phi) is 7.58. The molecule has 178 valence electrons. The van der Waals surface area contributed by atoms with Crippen LogP contribution in [0.5, 0.6) is 0 Å². The number of aliphatic hydroxyl groups excluding tert-OH is 1. The van der Waals surface area contributed by atoms with Crippen LogP contribution in [-0.2, 0) is 14.9 Å². The molecule has 1 amide bonds. The smallest absolute Gasteiger partial charge is 0.221 e. The third-order valence-electron chi connectivity index (χ3n) is 8.12. The topological polar surface area (TPSA) is 61.8 Å². The Labute approximate surface area is 193 Å². The first-order chi connectivity index (χ1) is 15.4. The van der Waals surface area contributed by atoms with E-state index >= 15 is 0 Å². The van der Waals surface area contributed by atoms with Gasteiger partial charge in [0.2, 0.25) is 5.91 Å². The van der Waals surface area contributed by atoms with Crippen molar-refractivity contribution < 1.29 is 14.6 Å². The molecule has 2 saturated heterocycles. The van der Waals surface area contributed by atoms with E-state index in [-0.39, 0.29) is 35.0 Å². The highest BCUT2D eigenvalue weighted by Gasteiger charge is 2.46. The largest absolute Gasteiger partial charge is 0.393 e. The predicted molar refractivity (Wildman–Crippen MR) is 128 cm³/mol. The van der Waals surface area contributed by atoms with Crippen molar-refractivity contribution in [3.8, 4) is 0 Å². The van der Waals surface area contributed by atoms with E-state index < -0.39 is 0 Å². The number of hydrogen-bond acceptors (Lipinski definition) is 4. The minimum atomic E-state index is -0.311. The lowest BCUT2D eigenvalue weighted by molar-refractivity contribution is -0.178. The van der Waals surface area contributed by atoms with Crippen LogP contribution in [0.1, 0.15) is 77.2 Å². The summed E-state index contributed by atoms with van der Waals surface area (Å²) in [5.74, 6) is 0.341. The molecule has 5 heteroatoms. The molecule has 32 heavy (non-hydrogen) atoms. The van der Waals surface area contributed by atoms with Crippen LogP contribution in [0.15, 0.2) is 30.3 Å². The van der Waals surface area contributed by atoms with Gasteiger partial charge in [0.25, 0.3) is 0 Å². The Balaban J connectivity index is 1.43. The molecular weight excluding hydrogens is 400 g/mol. The number of rotatable bonds is 6. The van der Waals surface area contributed by atoms with Crippen molar-refractivity contribution in [3.63, 3.8) is 0 Å². The molecule has 3 aliphatic rings. The summed E-state index contributed by atoms with van der Waals surface area (Å²) < 4.78 is 6.44. The average molecular weight is 443 g/mol. The van der Waals surface area contributed by atoms with Gasteiger partial charge < -0.3 is 20.1 Å². The molecule has 2 heterocycles. The van der Waals surface area contributed by atoms with E-state index in [0.717, 1.165) is 45.3 Å². The van der Waals surface area contributed by atoms with E-state index in [4.69, 9.17) is 4.74 Å². The Morgan fingerprint density at radius 2 is 1.84 bits per heavy atom. The summed E-state index contributed by atoms with van der Waals surface area (Å²) in [7, 11) is 0. The van der Waals surface area contributed by atoms with Crippen LogP contribution in [0.3, 0.4) is 0 Å². The van der Waals surface area contributed by atoms with Gasteiger partial charge in [-0.3, -0.25) is 4.79 Å². The van der Waals surface area contributed by atoms with Crippen LogP contribution in [0, 0.1) is 5.92 Å². The second-order valence-electron chi connectivity index (χ2n) is 11.0. The van der Waals surface area contributed by atoms with Gasteiger partial charge in [-0.2, -0.15) is 0 Å². The van der Waals surface area contributed by atoms with Crippen molar-refractivity contribution >= 4 is 5.91 Å². The lowest BCUT2D eigenvalue weighted by atomic mass is 9.73. The molecule has 1 saturated carbocycles. The summed E-state index contributed by atoms with van der Waals surface area (Å²) in [6.07, 6.45) is 8.66. The molecule has 5 nitrogen and oxygen atoms in total. The third-order valence-corrected chi connectivity index (χ3v) is 8.12. The minimum Gasteiger partial charge on any atom is -0.393 e. The predicted octanol–water partition coefficient (Wildman–Crippen LogP) is 4.04. The molecule has 0 radical (unpaired) electrons. The number of ether oxygens (including phenoxy) is 1. The van der Waals surface area contributed by atoms with Gasteiger partial charge in [-0.15, -0.1) is 0 Å². The highest BCUT2D eigenvalue weighted by molar-refractivity contribution is 5.76. The quantitative estimate of drug-likeness (QED) is 0.698. The molecule has 1 aromatic carbocycles. The summed E-state index contributed by atoms with van der Waals surface area (Å²) in [5, 5.41) is 14.2. The van der Waals surface area contributed by atoms with Gasteiger partial charge >= 0.3 is 0 Å². The lowest BCUT2D eigenvalue weighted by Crippen LogP contribution is -2.48. The van der Waals surface area contributed by atoms with Gasteiger partial charge in [0, 0.05) is 37.3 Å². The van der Waals surface area contributed by atoms with Crippen LogP contribution >= 0.6 is 0 Å². The summed E-state index contributed by atoms with van der Waals surface area (Å²) in [4.78, 5) is 15.2. The molecule has 4 atom stereocenters. The molecule has 0 aromatic heterocycles. The van der Waals surface area contributed by atoms with Crippen LogP contribution in [-0.4, -0.2) is 59.9 Å². The van der Waals surface area contributed by atoms with Crippen LogP contribution in [0.2, 0.25) is 0 Å². The number of benzene rings is 1. The average Bonchev–Trinajstić information content (AvgIpc) is 2.97. The number of carbonyl (C=O) groups excluding carboxylic acids is 1. The highest BCUT2D eigenvalue weighted by Crippen LogP contribution is 2.45. The fraction of sp³-hybridized carbons (Fsp3) is 0.741. The Morgan fingerprint density at radius 1 is 1.12 bits per heavy atom. The van der Waals surface area contributed by atoms with Crippen molar-refractivity contribution in [1.82, 2.24) is 10.2 Å². The minimum absolute atomic E-state index is 0.0918. The Morgan fingerprint density at radius 3 is 2.59 bits per heavy atom. The second-order valence-corrected chi connectivity index (χ2v) is 11.0. The van der Waals surface area contributed by atoms with Crippen molar-refractivity contribution in [3.05, 3.63) is 35.9 Å². The molecule has 3 fully saturated rings. The zero-order chi connectivity index (χ0) is 22.6. The zero-order valence-corrected chi connectivity index (χ0v) is 20.0. The van der Waals surface area contributed by atoms with Gasteiger partial charge in [-0.25, -0.2) is 0 Å². The van der Waals surface area contributed by atoms with Crippen LogP contribution < -0.4 is 5.32 Å². The first kappa shape index (κ1) is 23.7. The third kappa shape index (κ3) is 5.73. The monoisotopic (exact) mass is 442 g/mol. The molecule has 4 rings (SSSR count). The molecule has 1 aliphatic carbocycles. The number of piperidine rings is 1. The highest BCUT2D eigenvalue weighted by atomic mass is 16.5. The summed E-state index contributed by atoms with van der Waals surface area (Å²) >= 11 is 0. The van der Waals surface area contributed by atoms with Gasteiger partial charge in [0.15, 0.2) is 0 Å². The number of carbonyl (C=O) groups is 1. The number of likely N-dealkylation sites (tertiary alicyclic amines) is 1. The number of nitrogens with one attached hydrogen (secondary N) is 1. The normalized spacial score (nSPS) is 33.2. The molecule has 2 N–H and O–H groups in total.